The van der Waals surface area contributed by atoms with Crippen LogP contribution in [0, 0.1) is 5.92 Å². The van der Waals surface area contributed by atoms with Crippen molar-refractivity contribution in [1.82, 2.24) is 5.32 Å². The third-order valence-electron chi connectivity index (χ3n) is 5.28. The molecule has 0 saturated heterocycles. The van der Waals surface area contributed by atoms with Crippen LogP contribution in [-0.2, 0) is 18.7 Å². The van der Waals surface area contributed by atoms with E-state index in [0.29, 0.717) is 19.3 Å². The largest absolute Gasteiger partial charge is 0.469 e. The predicted molar refractivity (Wildman–Crippen MR) is 105 cm³/mol. The number of methoxy groups -OCH3 is 1. The van der Waals surface area contributed by atoms with Gasteiger partial charge in [-0.3, -0.25) is 4.79 Å². The number of rotatable bonds is 4. The first-order valence-electron chi connectivity index (χ1n) is 9.41. The predicted octanol–water partition coefficient (Wildman–Crippen LogP) is 4.24. The van der Waals surface area contributed by atoms with E-state index >= 15 is 0 Å². The highest BCUT2D eigenvalue weighted by Crippen LogP contribution is 2.40. The van der Waals surface area contributed by atoms with E-state index in [0.717, 1.165) is 0 Å². The average Bonchev–Trinajstić information content (AvgIpc) is 2.44. The van der Waals surface area contributed by atoms with Crippen molar-refractivity contribution in [1.29, 1.82) is 0 Å². The van der Waals surface area contributed by atoms with Gasteiger partial charge in [0.15, 0.2) is 8.32 Å². The fraction of sp³-hybridized carbons (Fsp3) is 0.895. The van der Waals surface area contributed by atoms with Crippen molar-refractivity contribution in [3.63, 3.8) is 0 Å². The molecule has 0 aliphatic heterocycles. The Bertz CT molecular complexity index is 507. The smallest absolute Gasteiger partial charge is 0.407 e. The first kappa shape index (κ1) is 23.0. The molecular weight excluding hydrogens is 350 g/mol. The van der Waals surface area contributed by atoms with E-state index in [4.69, 9.17) is 13.9 Å². The second-order valence-corrected chi connectivity index (χ2v) is 14.5. The summed E-state index contributed by atoms with van der Waals surface area (Å²) in [5.41, 5.74) is -0.552. The van der Waals surface area contributed by atoms with Crippen molar-refractivity contribution in [3.05, 3.63) is 0 Å². The van der Waals surface area contributed by atoms with Crippen LogP contribution >= 0.6 is 0 Å². The molecule has 26 heavy (non-hydrogen) atoms. The maximum Gasteiger partial charge on any atom is 0.407 e. The normalized spacial score (nSPS) is 24.7. The summed E-state index contributed by atoms with van der Waals surface area (Å²) >= 11 is 0. The number of alkyl carbamates (subject to hydrolysis) is 1. The zero-order valence-corrected chi connectivity index (χ0v) is 18.9. The molecule has 0 aromatic carbocycles. The van der Waals surface area contributed by atoms with Gasteiger partial charge < -0.3 is 19.2 Å². The maximum absolute atomic E-state index is 12.2. The molecule has 1 rings (SSSR count). The van der Waals surface area contributed by atoms with Gasteiger partial charge >= 0.3 is 12.1 Å². The summed E-state index contributed by atoms with van der Waals surface area (Å²) in [5.74, 6) is -0.393. The molecule has 3 unspecified atom stereocenters. The molecule has 0 spiro atoms. The van der Waals surface area contributed by atoms with E-state index < -0.39 is 20.0 Å². The minimum atomic E-state index is -2.05. The summed E-state index contributed by atoms with van der Waals surface area (Å²) in [5, 5.41) is 3.00. The second-order valence-electron chi connectivity index (χ2n) is 9.70. The summed E-state index contributed by atoms with van der Waals surface area (Å²) in [7, 11) is -0.637. The van der Waals surface area contributed by atoms with Crippen molar-refractivity contribution in [2.75, 3.05) is 7.11 Å². The average molecular weight is 388 g/mol. The molecule has 6 nitrogen and oxygen atoms in total. The summed E-state index contributed by atoms with van der Waals surface area (Å²) in [6.45, 7) is 16.4. The van der Waals surface area contributed by atoms with Crippen LogP contribution in [0.25, 0.3) is 0 Å². The topological polar surface area (TPSA) is 73.9 Å². The van der Waals surface area contributed by atoms with Gasteiger partial charge in [0.1, 0.15) is 5.60 Å². The van der Waals surface area contributed by atoms with Crippen LogP contribution in [-0.4, -0.2) is 45.2 Å². The van der Waals surface area contributed by atoms with Crippen LogP contribution in [0.5, 0.6) is 0 Å². The molecule has 0 aromatic rings. The van der Waals surface area contributed by atoms with Crippen LogP contribution in [0.3, 0.4) is 0 Å². The third kappa shape index (κ3) is 6.58. The van der Waals surface area contributed by atoms with Crippen molar-refractivity contribution in [2.45, 2.75) is 96.7 Å². The Balaban J connectivity index is 2.92. The van der Waals surface area contributed by atoms with Gasteiger partial charge in [-0.2, -0.15) is 0 Å². The Morgan fingerprint density at radius 1 is 1.04 bits per heavy atom. The Morgan fingerprint density at radius 2 is 1.62 bits per heavy atom. The number of carbonyl (C=O) groups excluding carboxylic acids is 2. The molecule has 1 fully saturated rings. The number of amides is 1. The van der Waals surface area contributed by atoms with Crippen molar-refractivity contribution in [2.24, 2.45) is 5.92 Å². The second kappa shape index (κ2) is 8.29. The highest BCUT2D eigenvalue weighted by Gasteiger charge is 2.44. The number of nitrogens with one attached hydrogen (secondary N) is 1. The van der Waals surface area contributed by atoms with Crippen molar-refractivity contribution < 1.29 is 23.5 Å². The molecule has 7 heteroatoms. The third-order valence-corrected chi connectivity index (χ3v) is 9.78. The number of ether oxygens (including phenoxy) is 2. The molecule has 0 aromatic heterocycles. The van der Waals surface area contributed by atoms with Gasteiger partial charge in [-0.15, -0.1) is 0 Å². The van der Waals surface area contributed by atoms with Gasteiger partial charge in [-0.1, -0.05) is 20.8 Å². The Labute approximate surface area is 159 Å². The van der Waals surface area contributed by atoms with Crippen molar-refractivity contribution in [3.8, 4) is 0 Å². The molecule has 0 heterocycles. The lowest BCUT2D eigenvalue weighted by Gasteiger charge is -2.44. The fourth-order valence-electron chi connectivity index (χ4n) is 2.82. The zero-order valence-electron chi connectivity index (χ0n) is 17.9. The van der Waals surface area contributed by atoms with Crippen LogP contribution in [0.4, 0.5) is 4.79 Å². The monoisotopic (exact) mass is 387 g/mol. The van der Waals surface area contributed by atoms with Crippen molar-refractivity contribution >= 4 is 20.4 Å². The lowest BCUT2D eigenvalue weighted by atomic mass is 9.84. The Morgan fingerprint density at radius 3 is 2.08 bits per heavy atom. The highest BCUT2D eigenvalue weighted by molar-refractivity contribution is 6.74. The minimum Gasteiger partial charge on any atom is -0.469 e. The minimum absolute atomic E-state index is 0.0433. The molecule has 1 N–H and O–H groups in total. The molecule has 0 radical (unpaired) electrons. The summed E-state index contributed by atoms with van der Waals surface area (Å²) in [6.07, 6.45) is 1.23. The Hall–Kier alpha value is -1.08. The van der Waals surface area contributed by atoms with Crippen LogP contribution in [0.1, 0.15) is 60.8 Å². The number of esters is 1. The maximum atomic E-state index is 12.2. The molecule has 1 amide bonds. The first-order valence-corrected chi connectivity index (χ1v) is 12.3. The summed E-state index contributed by atoms with van der Waals surface area (Å²) in [4.78, 5) is 24.3. The number of carbonyl (C=O) groups is 2. The van der Waals surface area contributed by atoms with Gasteiger partial charge in [-0.05, 0) is 58.2 Å². The molecule has 0 bridgehead atoms. The fourth-order valence-corrected chi connectivity index (χ4v) is 4.19. The summed E-state index contributed by atoms with van der Waals surface area (Å²) < 4.78 is 16.9. The number of hydrogen-bond acceptors (Lipinski definition) is 5. The lowest BCUT2D eigenvalue weighted by Crippen LogP contribution is -2.55. The molecular formula is C19H37NO5Si. The van der Waals surface area contributed by atoms with Gasteiger partial charge in [-0.25, -0.2) is 4.79 Å². The van der Waals surface area contributed by atoms with Gasteiger partial charge in [0.2, 0.25) is 0 Å². The Kier molecular flexibility index (Phi) is 7.32. The van der Waals surface area contributed by atoms with Gasteiger partial charge in [0, 0.05) is 0 Å². The van der Waals surface area contributed by atoms with Gasteiger partial charge in [0.25, 0.3) is 0 Å². The molecule has 1 aliphatic carbocycles. The van der Waals surface area contributed by atoms with Crippen LogP contribution < -0.4 is 5.32 Å². The quantitative estimate of drug-likeness (QED) is 0.577. The van der Waals surface area contributed by atoms with E-state index in [2.05, 4.69) is 39.2 Å². The van der Waals surface area contributed by atoms with Crippen LogP contribution in [0.2, 0.25) is 18.1 Å². The van der Waals surface area contributed by atoms with E-state index in [9.17, 15) is 9.59 Å². The van der Waals surface area contributed by atoms with E-state index in [1.165, 1.54) is 7.11 Å². The molecule has 152 valence electrons. The lowest BCUT2D eigenvalue weighted by molar-refractivity contribution is -0.148. The van der Waals surface area contributed by atoms with E-state index in [-0.39, 0.29) is 29.1 Å². The SMILES string of the molecule is COC(=O)C1CCC(NC(=O)OC(C)(C)C)C(O[Si](C)(C)C(C)(C)C)C1. The van der Waals surface area contributed by atoms with E-state index in [1.54, 1.807) is 0 Å². The molecule has 1 aliphatic rings. The highest BCUT2D eigenvalue weighted by atomic mass is 28.4. The standard InChI is InChI=1S/C19H37NO5Si/c1-18(2,3)24-17(22)20-14-11-10-13(16(21)23-7)12-15(14)25-26(8,9)19(4,5)6/h13-15H,10-12H2,1-9H3,(H,20,22). The summed E-state index contributed by atoms with van der Waals surface area (Å²) in [6, 6.07) is -0.167. The van der Waals surface area contributed by atoms with Crippen LogP contribution in [0.15, 0.2) is 0 Å². The zero-order chi connectivity index (χ0) is 20.3. The number of hydrogen-bond donors (Lipinski definition) is 1. The van der Waals surface area contributed by atoms with E-state index in [1.807, 2.05) is 20.8 Å². The molecule has 3 atom stereocenters. The van der Waals surface area contributed by atoms with Gasteiger partial charge in [0.05, 0.1) is 25.2 Å². The molecule has 1 saturated carbocycles. The first-order chi connectivity index (χ1) is 11.7.